The Balaban J connectivity index is 1.53. The van der Waals surface area contributed by atoms with E-state index >= 15 is 0 Å². The van der Waals surface area contributed by atoms with Gasteiger partial charge >= 0.3 is 0 Å². The lowest BCUT2D eigenvalue weighted by Crippen LogP contribution is -2.36. The Bertz CT molecular complexity index is 1080. The van der Waals surface area contributed by atoms with Gasteiger partial charge in [-0.3, -0.25) is 9.59 Å². The molecule has 0 unspecified atom stereocenters. The number of rotatable bonds is 4. The third kappa shape index (κ3) is 3.54. The molecular formula is C21H23N3O4S. The van der Waals surface area contributed by atoms with E-state index in [9.17, 15) is 18.0 Å². The number of carbonyl (C=O) groups excluding carboxylic acids is 2. The first-order valence-corrected chi connectivity index (χ1v) is 11.0. The smallest absolute Gasteiger partial charge is 0.240 e. The number of benzene rings is 2. The summed E-state index contributed by atoms with van der Waals surface area (Å²) in [6, 6.07) is 12.5. The Morgan fingerprint density at radius 3 is 2.55 bits per heavy atom. The van der Waals surface area contributed by atoms with Gasteiger partial charge in [-0.2, -0.15) is 0 Å². The summed E-state index contributed by atoms with van der Waals surface area (Å²) >= 11 is 0. The van der Waals surface area contributed by atoms with Crippen LogP contribution in [-0.2, 0) is 26.0 Å². The van der Waals surface area contributed by atoms with Gasteiger partial charge in [0.15, 0.2) is 0 Å². The van der Waals surface area contributed by atoms with E-state index in [4.69, 9.17) is 0 Å². The molecule has 2 aromatic carbocycles. The number of nitrogens with one attached hydrogen (secondary N) is 1. The molecule has 2 amide bonds. The number of amides is 2. The van der Waals surface area contributed by atoms with Gasteiger partial charge in [0, 0.05) is 30.9 Å². The molecule has 0 bridgehead atoms. The molecule has 0 aromatic heterocycles. The molecule has 0 radical (unpaired) electrons. The van der Waals surface area contributed by atoms with Crippen molar-refractivity contribution in [3.05, 3.63) is 53.6 Å². The van der Waals surface area contributed by atoms with Crippen molar-refractivity contribution in [2.24, 2.45) is 5.92 Å². The molecular weight excluding hydrogens is 390 g/mol. The number of fused-ring (bicyclic) bond motifs is 1. The zero-order valence-corrected chi connectivity index (χ0v) is 17.2. The normalized spacial score (nSPS) is 19.0. The fourth-order valence-corrected chi connectivity index (χ4v) is 4.74. The average molecular weight is 413 g/mol. The molecule has 2 aliphatic rings. The van der Waals surface area contributed by atoms with Gasteiger partial charge in [0.1, 0.15) is 0 Å². The summed E-state index contributed by atoms with van der Waals surface area (Å²) in [5.41, 5.74) is 3.47. The van der Waals surface area contributed by atoms with Crippen molar-refractivity contribution in [3.8, 4) is 0 Å². The lowest BCUT2D eigenvalue weighted by molar-refractivity contribution is -0.124. The minimum atomic E-state index is -3.53. The fraction of sp³-hybridized carbons (Fsp3) is 0.333. The zero-order valence-electron chi connectivity index (χ0n) is 16.4. The van der Waals surface area contributed by atoms with E-state index in [2.05, 4.69) is 4.72 Å². The van der Waals surface area contributed by atoms with E-state index in [1.165, 1.54) is 13.1 Å². The Labute approximate surface area is 170 Å². The molecule has 2 aliphatic heterocycles. The third-order valence-corrected chi connectivity index (χ3v) is 7.02. The predicted molar refractivity (Wildman–Crippen MR) is 110 cm³/mol. The number of aryl methyl sites for hydroxylation is 1. The number of carbonyl (C=O) groups is 2. The van der Waals surface area contributed by atoms with Crippen molar-refractivity contribution in [2.75, 3.05) is 29.9 Å². The van der Waals surface area contributed by atoms with Gasteiger partial charge < -0.3 is 9.80 Å². The highest BCUT2D eigenvalue weighted by Crippen LogP contribution is 2.34. The maximum absolute atomic E-state index is 13.1. The molecule has 4 rings (SSSR count). The van der Waals surface area contributed by atoms with Gasteiger partial charge in [0.2, 0.25) is 21.8 Å². The molecule has 2 aromatic rings. The van der Waals surface area contributed by atoms with E-state index < -0.39 is 15.9 Å². The molecule has 1 saturated heterocycles. The van der Waals surface area contributed by atoms with Crippen LogP contribution in [0.5, 0.6) is 0 Å². The Kier molecular flexibility index (Phi) is 4.92. The van der Waals surface area contributed by atoms with E-state index in [1.807, 2.05) is 31.2 Å². The van der Waals surface area contributed by atoms with Crippen molar-refractivity contribution in [1.29, 1.82) is 0 Å². The van der Waals surface area contributed by atoms with Crippen molar-refractivity contribution in [2.45, 2.75) is 24.7 Å². The molecule has 2 heterocycles. The highest BCUT2D eigenvalue weighted by molar-refractivity contribution is 7.89. The molecule has 0 spiro atoms. The Morgan fingerprint density at radius 2 is 1.86 bits per heavy atom. The van der Waals surface area contributed by atoms with Crippen molar-refractivity contribution in [3.63, 3.8) is 0 Å². The molecule has 7 nitrogen and oxygen atoms in total. The molecule has 29 heavy (non-hydrogen) atoms. The maximum Gasteiger partial charge on any atom is 0.240 e. The second kappa shape index (κ2) is 7.27. The van der Waals surface area contributed by atoms with E-state index in [0.717, 1.165) is 22.5 Å². The van der Waals surface area contributed by atoms with Crippen LogP contribution < -0.4 is 14.5 Å². The predicted octanol–water partition coefficient (Wildman–Crippen LogP) is 1.85. The Hall–Kier alpha value is -2.71. The first-order valence-electron chi connectivity index (χ1n) is 9.55. The molecule has 0 aliphatic carbocycles. The van der Waals surface area contributed by atoms with Gasteiger partial charge in [-0.1, -0.05) is 17.7 Å². The second-order valence-electron chi connectivity index (χ2n) is 7.48. The summed E-state index contributed by atoms with van der Waals surface area (Å²) in [4.78, 5) is 29.2. The quantitative estimate of drug-likeness (QED) is 0.829. The van der Waals surface area contributed by atoms with Crippen molar-refractivity contribution in [1.82, 2.24) is 4.72 Å². The largest absolute Gasteiger partial charge is 0.312 e. The monoisotopic (exact) mass is 413 g/mol. The number of hydrogen-bond donors (Lipinski definition) is 1. The third-order valence-electron chi connectivity index (χ3n) is 5.61. The van der Waals surface area contributed by atoms with Crippen LogP contribution in [0, 0.1) is 12.8 Å². The topological polar surface area (TPSA) is 86.8 Å². The second-order valence-corrected chi connectivity index (χ2v) is 9.37. The number of hydrogen-bond acceptors (Lipinski definition) is 4. The molecule has 1 N–H and O–H groups in total. The van der Waals surface area contributed by atoms with Crippen LogP contribution >= 0.6 is 0 Å². The van der Waals surface area contributed by atoms with Gasteiger partial charge in [-0.15, -0.1) is 0 Å². The van der Waals surface area contributed by atoms with E-state index in [0.29, 0.717) is 19.5 Å². The number of sulfonamides is 1. The summed E-state index contributed by atoms with van der Waals surface area (Å²) in [5.74, 6) is -0.548. The van der Waals surface area contributed by atoms with E-state index in [1.54, 1.807) is 21.9 Å². The highest BCUT2D eigenvalue weighted by Gasteiger charge is 2.39. The summed E-state index contributed by atoms with van der Waals surface area (Å²) < 4.78 is 26.3. The number of anilines is 2. The van der Waals surface area contributed by atoms with Crippen LogP contribution in [0.4, 0.5) is 11.4 Å². The van der Waals surface area contributed by atoms with Gasteiger partial charge in [0.25, 0.3) is 0 Å². The summed E-state index contributed by atoms with van der Waals surface area (Å²) in [7, 11) is -2.16. The minimum Gasteiger partial charge on any atom is -0.312 e. The molecule has 1 fully saturated rings. The maximum atomic E-state index is 13.1. The summed E-state index contributed by atoms with van der Waals surface area (Å²) in [6.45, 7) is 2.84. The molecule has 8 heteroatoms. The van der Waals surface area contributed by atoms with Crippen LogP contribution in [0.25, 0.3) is 0 Å². The highest BCUT2D eigenvalue weighted by atomic mass is 32.2. The standard InChI is InChI=1S/C21H23N3O4S/c1-14-3-5-17(6-4-14)24-13-16(12-20(24)25)21(26)23-10-9-15-11-18(7-8-19(15)23)29(27,28)22-2/h3-8,11,16,22H,9-10,12-13H2,1-2H3/t16-/m0/s1. The SMILES string of the molecule is CNS(=O)(=O)c1ccc2c(c1)CCN2C(=O)[C@H]1CC(=O)N(c2ccc(C)cc2)C1. The van der Waals surface area contributed by atoms with E-state index in [-0.39, 0.29) is 23.1 Å². The van der Waals surface area contributed by atoms with Gasteiger partial charge in [-0.05, 0) is 56.3 Å². The molecule has 0 saturated carbocycles. The average Bonchev–Trinajstić information content (AvgIpc) is 3.31. The lowest BCUT2D eigenvalue weighted by atomic mass is 10.1. The lowest BCUT2D eigenvalue weighted by Gasteiger charge is -2.22. The fourth-order valence-electron chi connectivity index (χ4n) is 3.96. The van der Waals surface area contributed by atoms with Gasteiger partial charge in [-0.25, -0.2) is 13.1 Å². The zero-order chi connectivity index (χ0) is 20.8. The van der Waals surface area contributed by atoms with Crippen LogP contribution in [0.1, 0.15) is 17.5 Å². The Morgan fingerprint density at radius 1 is 1.14 bits per heavy atom. The summed E-state index contributed by atoms with van der Waals surface area (Å²) in [6.07, 6.45) is 0.779. The molecule has 1 atom stereocenters. The summed E-state index contributed by atoms with van der Waals surface area (Å²) in [5, 5.41) is 0. The molecule has 152 valence electrons. The van der Waals surface area contributed by atoms with Crippen LogP contribution in [-0.4, -0.2) is 40.4 Å². The number of nitrogens with zero attached hydrogens (tertiary/aromatic N) is 2. The van der Waals surface area contributed by atoms with Crippen LogP contribution in [0.2, 0.25) is 0 Å². The first-order chi connectivity index (χ1) is 13.8. The van der Waals surface area contributed by atoms with Crippen LogP contribution in [0.15, 0.2) is 47.4 Å². The van der Waals surface area contributed by atoms with Crippen molar-refractivity contribution >= 4 is 33.2 Å². The van der Waals surface area contributed by atoms with Crippen LogP contribution in [0.3, 0.4) is 0 Å². The van der Waals surface area contributed by atoms with Crippen molar-refractivity contribution < 1.29 is 18.0 Å². The minimum absolute atomic E-state index is 0.0536. The van der Waals surface area contributed by atoms with Gasteiger partial charge in [0.05, 0.1) is 10.8 Å². The first kappa shape index (κ1) is 19.6.